The summed E-state index contributed by atoms with van der Waals surface area (Å²) in [4.78, 5) is 2.67. The summed E-state index contributed by atoms with van der Waals surface area (Å²) in [6.07, 6.45) is 6.94. The van der Waals surface area contributed by atoms with Gasteiger partial charge in [-0.1, -0.05) is 0 Å². The summed E-state index contributed by atoms with van der Waals surface area (Å²) in [5.41, 5.74) is 6.31. The van der Waals surface area contributed by atoms with Crippen LogP contribution in [0.25, 0.3) is 0 Å². The normalized spacial score (nSPS) is 44.7. The van der Waals surface area contributed by atoms with E-state index in [1.807, 2.05) is 0 Å². The number of fused-ring (bicyclic) bond motifs is 1. The summed E-state index contributed by atoms with van der Waals surface area (Å²) in [7, 11) is 0. The lowest BCUT2D eigenvalue weighted by molar-refractivity contribution is -0.158. The monoisotopic (exact) mass is 254 g/mol. The number of nitrogens with two attached hydrogens (primary N) is 1. The van der Waals surface area contributed by atoms with Gasteiger partial charge in [0.25, 0.3) is 0 Å². The van der Waals surface area contributed by atoms with Gasteiger partial charge in [0.05, 0.1) is 18.8 Å². The third kappa shape index (κ3) is 1.99. The van der Waals surface area contributed by atoms with Crippen molar-refractivity contribution in [1.82, 2.24) is 4.90 Å². The minimum atomic E-state index is 0.205. The minimum absolute atomic E-state index is 0.205. The van der Waals surface area contributed by atoms with Crippen molar-refractivity contribution in [2.24, 2.45) is 5.73 Å². The van der Waals surface area contributed by atoms with Gasteiger partial charge in [-0.25, -0.2) is 0 Å². The Morgan fingerprint density at radius 3 is 2.94 bits per heavy atom. The molecule has 2 saturated carbocycles. The molecule has 4 heteroatoms. The fourth-order valence-electron chi connectivity index (χ4n) is 4.17. The molecule has 104 valence electrons. The second kappa shape index (κ2) is 5.08. The topological polar surface area (TPSA) is 47.7 Å². The summed E-state index contributed by atoms with van der Waals surface area (Å²) in [5, 5.41) is 0. The van der Waals surface area contributed by atoms with E-state index in [2.05, 4.69) is 11.8 Å². The first-order chi connectivity index (χ1) is 8.79. The van der Waals surface area contributed by atoms with Gasteiger partial charge in [0, 0.05) is 31.3 Å². The molecule has 1 aliphatic heterocycles. The van der Waals surface area contributed by atoms with Gasteiger partial charge in [-0.2, -0.15) is 0 Å². The molecule has 0 aromatic rings. The molecular formula is C14H26N2O2. The highest BCUT2D eigenvalue weighted by Crippen LogP contribution is 2.44. The minimum Gasteiger partial charge on any atom is -0.378 e. The van der Waals surface area contributed by atoms with Crippen molar-refractivity contribution in [1.29, 1.82) is 0 Å². The Kier molecular flexibility index (Phi) is 3.63. The summed E-state index contributed by atoms with van der Waals surface area (Å²) in [5.74, 6) is 0. The van der Waals surface area contributed by atoms with Crippen LogP contribution in [0.15, 0.2) is 0 Å². The molecular weight excluding hydrogens is 228 g/mol. The van der Waals surface area contributed by atoms with Gasteiger partial charge in [-0.15, -0.1) is 0 Å². The zero-order valence-corrected chi connectivity index (χ0v) is 11.4. The van der Waals surface area contributed by atoms with E-state index in [0.29, 0.717) is 18.2 Å². The van der Waals surface area contributed by atoms with Crippen LogP contribution in [0.4, 0.5) is 0 Å². The highest BCUT2D eigenvalue weighted by Gasteiger charge is 2.53. The zero-order chi connectivity index (χ0) is 12.6. The molecule has 4 nitrogen and oxygen atoms in total. The molecule has 3 fully saturated rings. The van der Waals surface area contributed by atoms with Crippen LogP contribution in [0, 0.1) is 0 Å². The summed E-state index contributed by atoms with van der Waals surface area (Å²) >= 11 is 0. The Morgan fingerprint density at radius 2 is 2.22 bits per heavy atom. The van der Waals surface area contributed by atoms with Crippen molar-refractivity contribution < 1.29 is 9.47 Å². The van der Waals surface area contributed by atoms with Gasteiger partial charge in [-0.05, 0) is 39.0 Å². The molecule has 2 N–H and O–H groups in total. The maximum absolute atomic E-state index is 6.10. The first kappa shape index (κ1) is 12.9. The molecule has 3 aliphatic rings. The van der Waals surface area contributed by atoms with Crippen molar-refractivity contribution in [3.63, 3.8) is 0 Å². The molecule has 2 unspecified atom stereocenters. The Bertz CT molecular complexity index is 292. The lowest BCUT2D eigenvalue weighted by atomic mass is 9.71. The van der Waals surface area contributed by atoms with Gasteiger partial charge < -0.3 is 15.2 Å². The van der Waals surface area contributed by atoms with Gasteiger partial charge in [0.15, 0.2) is 0 Å². The molecule has 0 aromatic heterocycles. The van der Waals surface area contributed by atoms with E-state index in [4.69, 9.17) is 15.2 Å². The third-order valence-electron chi connectivity index (χ3n) is 5.09. The first-order valence-corrected chi connectivity index (χ1v) is 7.49. The van der Waals surface area contributed by atoms with Crippen LogP contribution in [0.1, 0.15) is 39.0 Å². The fraction of sp³-hybridized carbons (Fsp3) is 1.00. The number of rotatable bonds is 4. The van der Waals surface area contributed by atoms with Gasteiger partial charge >= 0.3 is 0 Å². The number of ether oxygens (including phenoxy) is 2. The van der Waals surface area contributed by atoms with Gasteiger partial charge in [0.2, 0.25) is 0 Å². The van der Waals surface area contributed by atoms with Crippen molar-refractivity contribution in [3.05, 3.63) is 0 Å². The van der Waals surface area contributed by atoms with E-state index in [1.165, 1.54) is 19.3 Å². The van der Waals surface area contributed by atoms with Gasteiger partial charge in [0.1, 0.15) is 0 Å². The highest BCUT2D eigenvalue weighted by atomic mass is 16.5. The molecule has 0 radical (unpaired) electrons. The van der Waals surface area contributed by atoms with E-state index in [0.717, 1.165) is 39.1 Å². The maximum Gasteiger partial charge on any atom is 0.0731 e. The standard InChI is InChI=1S/C14H26N2O2/c1-2-17-11-8-14(9-11,10-15)16-6-7-18-13-5-3-4-12(13)16/h11-13H,2-10,15H2,1H3. The largest absolute Gasteiger partial charge is 0.378 e. The quantitative estimate of drug-likeness (QED) is 0.817. The smallest absolute Gasteiger partial charge is 0.0731 e. The zero-order valence-electron chi connectivity index (χ0n) is 11.4. The average molecular weight is 254 g/mol. The van der Waals surface area contributed by atoms with Crippen LogP contribution in [-0.4, -0.2) is 55.0 Å². The summed E-state index contributed by atoms with van der Waals surface area (Å²) in [6, 6.07) is 0.616. The molecule has 2 atom stereocenters. The predicted octanol–water partition coefficient (Wildman–Crippen LogP) is 1.14. The predicted molar refractivity (Wildman–Crippen MR) is 70.5 cm³/mol. The Morgan fingerprint density at radius 1 is 1.39 bits per heavy atom. The van der Waals surface area contributed by atoms with E-state index in [-0.39, 0.29) is 5.54 Å². The van der Waals surface area contributed by atoms with Crippen molar-refractivity contribution in [2.75, 3.05) is 26.3 Å². The summed E-state index contributed by atoms with van der Waals surface area (Å²) < 4.78 is 11.6. The second-order valence-electron chi connectivity index (χ2n) is 6.01. The molecule has 0 aromatic carbocycles. The highest BCUT2D eigenvalue weighted by molar-refractivity contribution is 5.08. The Hall–Kier alpha value is -0.160. The van der Waals surface area contributed by atoms with Crippen LogP contribution in [0.2, 0.25) is 0 Å². The molecule has 3 rings (SSSR count). The molecule has 1 heterocycles. The number of hydrogen-bond acceptors (Lipinski definition) is 4. The number of morpholine rings is 1. The van der Waals surface area contributed by atoms with Crippen molar-refractivity contribution in [2.45, 2.75) is 62.8 Å². The Balaban J connectivity index is 1.68. The molecule has 0 spiro atoms. The van der Waals surface area contributed by atoms with Crippen LogP contribution >= 0.6 is 0 Å². The SMILES string of the molecule is CCOC1CC(CN)(N2CCOC3CCCC32)C1. The molecule has 0 amide bonds. The molecule has 18 heavy (non-hydrogen) atoms. The van der Waals surface area contributed by atoms with E-state index in [9.17, 15) is 0 Å². The molecule has 2 aliphatic carbocycles. The van der Waals surface area contributed by atoms with Crippen LogP contribution in [0.5, 0.6) is 0 Å². The van der Waals surface area contributed by atoms with Gasteiger partial charge in [-0.3, -0.25) is 4.90 Å². The lowest BCUT2D eigenvalue weighted by Crippen LogP contribution is -2.69. The second-order valence-corrected chi connectivity index (χ2v) is 6.01. The third-order valence-corrected chi connectivity index (χ3v) is 5.09. The van der Waals surface area contributed by atoms with Crippen molar-refractivity contribution in [3.8, 4) is 0 Å². The van der Waals surface area contributed by atoms with Crippen LogP contribution < -0.4 is 5.73 Å². The van der Waals surface area contributed by atoms with E-state index < -0.39 is 0 Å². The number of hydrogen-bond donors (Lipinski definition) is 1. The lowest BCUT2D eigenvalue weighted by Gasteiger charge is -2.57. The maximum atomic E-state index is 6.10. The van der Waals surface area contributed by atoms with Crippen LogP contribution in [0.3, 0.4) is 0 Å². The van der Waals surface area contributed by atoms with Crippen LogP contribution in [-0.2, 0) is 9.47 Å². The number of nitrogens with zero attached hydrogens (tertiary/aromatic N) is 1. The average Bonchev–Trinajstić information content (AvgIpc) is 2.81. The van der Waals surface area contributed by atoms with Crippen molar-refractivity contribution >= 4 is 0 Å². The summed E-state index contributed by atoms with van der Waals surface area (Å²) in [6.45, 7) is 5.59. The van der Waals surface area contributed by atoms with E-state index >= 15 is 0 Å². The fourth-order valence-corrected chi connectivity index (χ4v) is 4.17. The van der Waals surface area contributed by atoms with E-state index in [1.54, 1.807) is 0 Å². The first-order valence-electron chi connectivity index (χ1n) is 7.49. The Labute approximate surface area is 110 Å². The molecule has 1 saturated heterocycles. The molecule has 0 bridgehead atoms.